The molecular weight excluding hydrogens is 268 g/mol. The van der Waals surface area contributed by atoms with Gasteiger partial charge in [0.05, 0.1) is 11.3 Å². The number of carboxylic acid groups (broad SMARTS) is 1. The molecule has 2 amide bonds. The molecule has 0 saturated carbocycles. The van der Waals surface area contributed by atoms with Crippen molar-refractivity contribution in [2.45, 2.75) is 0 Å². The van der Waals surface area contributed by atoms with Crippen molar-refractivity contribution in [1.29, 1.82) is 0 Å². The second kappa shape index (κ2) is 6.09. The number of hydrogen-bond acceptors (Lipinski definition) is 2. The summed E-state index contributed by atoms with van der Waals surface area (Å²) < 4.78 is 0. The quantitative estimate of drug-likeness (QED) is 0.847. The molecule has 2 aromatic carbocycles. The first-order chi connectivity index (χ1) is 10.0. The summed E-state index contributed by atoms with van der Waals surface area (Å²) in [7, 11) is 1.61. The Kier molecular flexibility index (Phi) is 4.23. The smallest absolute Gasteiger partial charge is 0.337 e. The highest BCUT2D eigenvalue weighted by Crippen LogP contribution is 2.24. The number of aromatic carboxylic acids is 1. The van der Waals surface area contributed by atoms with Crippen molar-refractivity contribution in [3.8, 4) is 0 Å². The van der Waals surface area contributed by atoms with E-state index < -0.39 is 5.97 Å². The van der Waals surface area contributed by atoms with Crippen LogP contribution >= 0.6 is 0 Å². The van der Waals surface area contributed by atoms with E-state index in [0.717, 1.165) is 10.8 Å². The van der Waals surface area contributed by atoms with Gasteiger partial charge in [0.25, 0.3) is 0 Å². The zero-order valence-electron chi connectivity index (χ0n) is 11.7. The summed E-state index contributed by atoms with van der Waals surface area (Å²) in [4.78, 5) is 24.8. The lowest BCUT2D eigenvalue weighted by molar-refractivity contribution is 0.0698. The molecule has 0 radical (unpaired) electrons. The van der Waals surface area contributed by atoms with Crippen LogP contribution in [0.1, 0.15) is 10.4 Å². The number of nitrogens with zero attached hydrogens (tertiary/aromatic N) is 1. The molecule has 0 saturated heterocycles. The predicted molar refractivity (Wildman–Crippen MR) is 82.8 cm³/mol. The Morgan fingerprint density at radius 1 is 1.29 bits per heavy atom. The SMILES string of the molecule is C=CCN(C)C(=O)Nc1cc2ccccc2cc1C(=O)O. The summed E-state index contributed by atoms with van der Waals surface area (Å²) in [5, 5.41) is 13.6. The van der Waals surface area contributed by atoms with E-state index in [0.29, 0.717) is 6.54 Å². The second-order valence-electron chi connectivity index (χ2n) is 4.65. The van der Waals surface area contributed by atoms with Gasteiger partial charge in [-0.2, -0.15) is 0 Å². The van der Waals surface area contributed by atoms with Crippen molar-refractivity contribution >= 4 is 28.5 Å². The number of urea groups is 1. The largest absolute Gasteiger partial charge is 0.478 e. The predicted octanol–water partition coefficient (Wildman–Crippen LogP) is 3.19. The minimum absolute atomic E-state index is 0.0639. The van der Waals surface area contributed by atoms with Gasteiger partial charge in [0, 0.05) is 13.6 Å². The summed E-state index contributed by atoms with van der Waals surface area (Å²) >= 11 is 0. The van der Waals surface area contributed by atoms with Crippen LogP contribution in [0, 0.1) is 0 Å². The molecule has 0 aliphatic rings. The molecule has 0 unspecified atom stereocenters. The van der Waals surface area contributed by atoms with Crippen LogP contribution in [0.15, 0.2) is 49.1 Å². The molecule has 2 N–H and O–H groups in total. The number of carboxylic acids is 1. The van der Waals surface area contributed by atoms with Crippen LogP contribution in [-0.2, 0) is 0 Å². The summed E-state index contributed by atoms with van der Waals surface area (Å²) in [6.07, 6.45) is 1.60. The van der Waals surface area contributed by atoms with Crippen molar-refractivity contribution in [1.82, 2.24) is 4.90 Å². The van der Waals surface area contributed by atoms with Crippen LogP contribution in [0.2, 0.25) is 0 Å². The van der Waals surface area contributed by atoms with Gasteiger partial charge in [-0.25, -0.2) is 9.59 Å². The Bertz CT molecular complexity index is 710. The number of fused-ring (bicyclic) bond motifs is 1. The maximum atomic E-state index is 12.0. The normalized spacial score (nSPS) is 10.1. The number of rotatable bonds is 4. The van der Waals surface area contributed by atoms with Gasteiger partial charge in [-0.1, -0.05) is 30.3 Å². The fraction of sp³-hybridized carbons (Fsp3) is 0.125. The summed E-state index contributed by atoms with van der Waals surface area (Å²) in [6, 6.07) is 10.2. The van der Waals surface area contributed by atoms with Gasteiger partial charge in [0.2, 0.25) is 0 Å². The zero-order chi connectivity index (χ0) is 15.4. The highest BCUT2D eigenvalue weighted by Gasteiger charge is 2.15. The van der Waals surface area contributed by atoms with E-state index in [1.165, 1.54) is 4.90 Å². The van der Waals surface area contributed by atoms with E-state index >= 15 is 0 Å². The van der Waals surface area contributed by atoms with Crippen LogP contribution < -0.4 is 5.32 Å². The lowest BCUT2D eigenvalue weighted by Crippen LogP contribution is -2.31. The maximum Gasteiger partial charge on any atom is 0.337 e. The first-order valence-corrected chi connectivity index (χ1v) is 6.42. The number of benzene rings is 2. The van der Waals surface area contributed by atoms with Crippen LogP contribution in [0.5, 0.6) is 0 Å². The van der Waals surface area contributed by atoms with Gasteiger partial charge in [0.1, 0.15) is 0 Å². The molecule has 0 atom stereocenters. The lowest BCUT2D eigenvalue weighted by Gasteiger charge is -2.17. The molecule has 0 bridgehead atoms. The summed E-state index contributed by atoms with van der Waals surface area (Å²) in [5.74, 6) is -1.08. The average molecular weight is 284 g/mol. The molecule has 0 fully saturated rings. The number of nitrogens with one attached hydrogen (secondary N) is 1. The van der Waals surface area contributed by atoms with E-state index in [1.807, 2.05) is 24.3 Å². The van der Waals surface area contributed by atoms with Gasteiger partial charge in [0.15, 0.2) is 0 Å². The molecule has 0 heterocycles. The van der Waals surface area contributed by atoms with E-state index in [2.05, 4.69) is 11.9 Å². The molecule has 0 aliphatic carbocycles. The molecule has 0 aromatic heterocycles. The van der Waals surface area contributed by atoms with Crippen LogP contribution in [0.3, 0.4) is 0 Å². The summed E-state index contributed by atoms with van der Waals surface area (Å²) in [5.41, 5.74) is 0.344. The molecule has 21 heavy (non-hydrogen) atoms. The van der Waals surface area contributed by atoms with Gasteiger partial charge < -0.3 is 15.3 Å². The third-order valence-electron chi connectivity index (χ3n) is 3.11. The molecule has 5 heteroatoms. The van der Waals surface area contributed by atoms with E-state index in [4.69, 9.17) is 0 Å². The molecular formula is C16H16N2O3. The molecule has 5 nitrogen and oxygen atoms in total. The Labute approximate surface area is 122 Å². The minimum Gasteiger partial charge on any atom is -0.478 e. The van der Waals surface area contributed by atoms with Crippen LogP contribution in [-0.4, -0.2) is 35.6 Å². The van der Waals surface area contributed by atoms with Crippen molar-refractivity contribution in [2.24, 2.45) is 0 Å². The molecule has 0 spiro atoms. The second-order valence-corrected chi connectivity index (χ2v) is 4.65. The van der Waals surface area contributed by atoms with E-state index in [1.54, 1.807) is 25.3 Å². The van der Waals surface area contributed by atoms with E-state index in [-0.39, 0.29) is 17.3 Å². The van der Waals surface area contributed by atoms with Crippen molar-refractivity contribution in [2.75, 3.05) is 18.9 Å². The number of carbonyl (C=O) groups is 2. The van der Waals surface area contributed by atoms with Crippen LogP contribution in [0.4, 0.5) is 10.5 Å². The minimum atomic E-state index is -1.08. The average Bonchev–Trinajstić information content (AvgIpc) is 2.46. The van der Waals surface area contributed by atoms with Gasteiger partial charge in [-0.15, -0.1) is 6.58 Å². The number of hydrogen-bond donors (Lipinski definition) is 2. The topological polar surface area (TPSA) is 69.6 Å². The zero-order valence-corrected chi connectivity index (χ0v) is 11.7. The third-order valence-corrected chi connectivity index (χ3v) is 3.11. The van der Waals surface area contributed by atoms with Gasteiger partial charge in [-0.3, -0.25) is 0 Å². The monoisotopic (exact) mass is 284 g/mol. The third kappa shape index (κ3) is 3.20. The number of anilines is 1. The van der Waals surface area contributed by atoms with Crippen molar-refractivity contribution in [3.05, 3.63) is 54.6 Å². The summed E-state index contributed by atoms with van der Waals surface area (Å²) in [6.45, 7) is 3.94. The fourth-order valence-corrected chi connectivity index (χ4v) is 2.01. The molecule has 0 aliphatic heterocycles. The number of likely N-dealkylation sites (N-methyl/N-ethyl adjacent to an activating group) is 1. The first-order valence-electron chi connectivity index (χ1n) is 6.42. The molecule has 2 aromatic rings. The standard InChI is InChI=1S/C16H16N2O3/c1-3-8-18(2)16(21)17-14-10-12-7-5-4-6-11(12)9-13(14)15(19)20/h3-7,9-10H,1,8H2,2H3,(H,17,21)(H,19,20). The molecule has 2 rings (SSSR count). The highest BCUT2D eigenvalue weighted by molar-refractivity contribution is 6.04. The Morgan fingerprint density at radius 2 is 1.90 bits per heavy atom. The highest BCUT2D eigenvalue weighted by atomic mass is 16.4. The van der Waals surface area contributed by atoms with Gasteiger partial charge >= 0.3 is 12.0 Å². The maximum absolute atomic E-state index is 12.0. The van der Waals surface area contributed by atoms with Crippen molar-refractivity contribution in [3.63, 3.8) is 0 Å². The van der Waals surface area contributed by atoms with Crippen molar-refractivity contribution < 1.29 is 14.7 Å². The Balaban J connectivity index is 2.41. The Morgan fingerprint density at radius 3 is 2.48 bits per heavy atom. The Hall–Kier alpha value is -2.82. The number of carbonyl (C=O) groups excluding carboxylic acids is 1. The number of amides is 2. The molecule has 108 valence electrons. The fourth-order valence-electron chi connectivity index (χ4n) is 2.01. The van der Waals surface area contributed by atoms with Gasteiger partial charge in [-0.05, 0) is 22.9 Å². The lowest BCUT2D eigenvalue weighted by atomic mass is 10.0. The first kappa shape index (κ1) is 14.6. The van der Waals surface area contributed by atoms with E-state index in [9.17, 15) is 14.7 Å². The van der Waals surface area contributed by atoms with Crippen LogP contribution in [0.25, 0.3) is 10.8 Å².